The third-order valence-corrected chi connectivity index (χ3v) is 3.58. The highest BCUT2D eigenvalue weighted by Crippen LogP contribution is 2.16. The topological polar surface area (TPSA) is 69.6 Å². The Morgan fingerprint density at radius 2 is 1.59 bits per heavy atom. The summed E-state index contributed by atoms with van der Waals surface area (Å²) in [4.78, 5) is 25.7. The average molecular weight is 296 g/mol. The Kier molecular flexibility index (Phi) is 3.89. The third-order valence-electron chi connectivity index (χ3n) is 3.58. The van der Waals surface area contributed by atoms with Crippen LogP contribution in [0.3, 0.4) is 0 Å². The van der Waals surface area contributed by atoms with Crippen LogP contribution in [0.25, 0.3) is 0 Å². The summed E-state index contributed by atoms with van der Waals surface area (Å²) in [5.41, 5.74) is 1.76. The van der Waals surface area contributed by atoms with Crippen molar-refractivity contribution in [1.29, 1.82) is 0 Å². The average Bonchev–Trinajstić information content (AvgIpc) is 2.53. The van der Waals surface area contributed by atoms with Gasteiger partial charge in [-0.2, -0.15) is 0 Å². The van der Waals surface area contributed by atoms with E-state index in [9.17, 15) is 14.7 Å². The standard InChI is InChI=1S/C17H16N2O3/c20-15-10-19(11-15)17(22)13-6-8-14(9-7-13)18-16(21)12-4-2-1-3-5-12/h1-9,15,20H,10-11H2,(H,18,21). The molecule has 1 aliphatic rings. The Bertz CT molecular complexity index is 677. The van der Waals surface area contributed by atoms with Gasteiger partial charge in [0, 0.05) is 29.9 Å². The summed E-state index contributed by atoms with van der Waals surface area (Å²) in [5.74, 6) is -0.295. The largest absolute Gasteiger partial charge is 0.389 e. The van der Waals surface area contributed by atoms with Crippen LogP contribution in [0.2, 0.25) is 0 Å². The SMILES string of the molecule is O=C(Nc1ccc(C(=O)N2CC(O)C2)cc1)c1ccccc1. The molecule has 2 N–H and O–H groups in total. The van der Waals surface area contributed by atoms with Crippen LogP contribution >= 0.6 is 0 Å². The molecular formula is C17H16N2O3. The monoisotopic (exact) mass is 296 g/mol. The van der Waals surface area contributed by atoms with Crippen LogP contribution in [-0.2, 0) is 0 Å². The van der Waals surface area contributed by atoms with Crippen LogP contribution in [0, 0.1) is 0 Å². The first kappa shape index (κ1) is 14.3. The molecule has 5 heteroatoms. The minimum absolute atomic E-state index is 0.105. The summed E-state index contributed by atoms with van der Waals surface area (Å²) in [6, 6.07) is 15.7. The van der Waals surface area contributed by atoms with Gasteiger partial charge in [-0.05, 0) is 36.4 Å². The predicted octanol–water partition coefficient (Wildman–Crippen LogP) is 1.76. The van der Waals surface area contributed by atoms with E-state index in [-0.39, 0.29) is 11.8 Å². The van der Waals surface area contributed by atoms with Crippen molar-refractivity contribution in [3.63, 3.8) is 0 Å². The third kappa shape index (κ3) is 2.99. The van der Waals surface area contributed by atoms with Crippen LogP contribution in [0.1, 0.15) is 20.7 Å². The zero-order valence-corrected chi connectivity index (χ0v) is 11.9. The molecule has 2 aromatic carbocycles. The highest BCUT2D eigenvalue weighted by atomic mass is 16.3. The zero-order chi connectivity index (χ0) is 15.5. The highest BCUT2D eigenvalue weighted by Gasteiger charge is 2.29. The Labute approximate surface area is 128 Å². The Hall–Kier alpha value is -2.66. The van der Waals surface area contributed by atoms with Crippen molar-refractivity contribution >= 4 is 17.5 Å². The lowest BCUT2D eigenvalue weighted by atomic mass is 10.1. The Morgan fingerprint density at radius 1 is 0.955 bits per heavy atom. The second kappa shape index (κ2) is 5.99. The number of aliphatic hydroxyl groups excluding tert-OH is 1. The van der Waals surface area contributed by atoms with E-state index in [1.54, 1.807) is 53.4 Å². The number of aliphatic hydroxyl groups is 1. The van der Waals surface area contributed by atoms with E-state index in [0.29, 0.717) is 29.9 Å². The summed E-state index contributed by atoms with van der Waals surface area (Å²) in [6.45, 7) is 0.761. The highest BCUT2D eigenvalue weighted by molar-refractivity contribution is 6.04. The first-order valence-corrected chi connectivity index (χ1v) is 7.07. The fourth-order valence-electron chi connectivity index (χ4n) is 2.29. The lowest BCUT2D eigenvalue weighted by Crippen LogP contribution is -2.53. The van der Waals surface area contributed by atoms with E-state index in [1.807, 2.05) is 6.07 Å². The molecule has 5 nitrogen and oxygen atoms in total. The van der Waals surface area contributed by atoms with Gasteiger partial charge in [0.1, 0.15) is 0 Å². The van der Waals surface area contributed by atoms with Crippen LogP contribution in [0.15, 0.2) is 54.6 Å². The van der Waals surface area contributed by atoms with Crippen LogP contribution in [0.5, 0.6) is 0 Å². The maximum Gasteiger partial charge on any atom is 0.255 e. The first-order chi connectivity index (χ1) is 10.6. The molecule has 0 aliphatic carbocycles. The van der Waals surface area contributed by atoms with E-state index < -0.39 is 6.10 Å². The molecule has 2 aromatic rings. The lowest BCUT2D eigenvalue weighted by Gasteiger charge is -2.35. The van der Waals surface area contributed by atoms with Crippen LogP contribution in [0.4, 0.5) is 5.69 Å². The number of benzene rings is 2. The maximum atomic E-state index is 12.1. The summed E-state index contributed by atoms with van der Waals surface area (Å²) in [6.07, 6.45) is -0.409. The molecule has 0 bridgehead atoms. The van der Waals surface area contributed by atoms with E-state index >= 15 is 0 Å². The molecule has 1 heterocycles. The lowest BCUT2D eigenvalue weighted by molar-refractivity contribution is 0.00590. The summed E-state index contributed by atoms with van der Waals surface area (Å²) >= 11 is 0. The zero-order valence-electron chi connectivity index (χ0n) is 11.9. The van der Waals surface area contributed by atoms with Gasteiger partial charge in [0.2, 0.25) is 0 Å². The number of anilines is 1. The van der Waals surface area contributed by atoms with Gasteiger partial charge in [-0.15, -0.1) is 0 Å². The van der Waals surface area contributed by atoms with Crippen molar-refractivity contribution in [2.45, 2.75) is 6.10 Å². The van der Waals surface area contributed by atoms with Crippen LogP contribution < -0.4 is 5.32 Å². The Balaban J connectivity index is 1.64. The normalized spacial score (nSPS) is 14.3. The number of carbonyl (C=O) groups excluding carboxylic acids is 2. The second-order valence-corrected chi connectivity index (χ2v) is 5.26. The van der Waals surface area contributed by atoms with E-state index in [0.717, 1.165) is 0 Å². The number of carbonyl (C=O) groups is 2. The van der Waals surface area contributed by atoms with Gasteiger partial charge in [-0.1, -0.05) is 18.2 Å². The molecule has 3 rings (SSSR count). The number of hydrogen-bond acceptors (Lipinski definition) is 3. The molecule has 22 heavy (non-hydrogen) atoms. The molecule has 0 atom stereocenters. The van der Waals surface area contributed by atoms with Crippen molar-refractivity contribution in [1.82, 2.24) is 4.90 Å². The van der Waals surface area contributed by atoms with Crippen molar-refractivity contribution in [2.75, 3.05) is 18.4 Å². The number of rotatable bonds is 3. The molecule has 0 unspecified atom stereocenters. The molecule has 1 fully saturated rings. The number of likely N-dealkylation sites (tertiary alicyclic amines) is 1. The fraction of sp³-hybridized carbons (Fsp3) is 0.176. The number of amides is 2. The predicted molar refractivity (Wildman–Crippen MR) is 82.7 cm³/mol. The van der Waals surface area contributed by atoms with Crippen molar-refractivity contribution in [2.24, 2.45) is 0 Å². The first-order valence-electron chi connectivity index (χ1n) is 7.07. The molecular weight excluding hydrogens is 280 g/mol. The minimum Gasteiger partial charge on any atom is -0.389 e. The number of nitrogens with one attached hydrogen (secondary N) is 1. The van der Waals surface area contributed by atoms with E-state index in [1.165, 1.54) is 0 Å². The van der Waals surface area contributed by atoms with Gasteiger partial charge in [0.15, 0.2) is 0 Å². The summed E-state index contributed by atoms with van der Waals surface area (Å²) < 4.78 is 0. The maximum absolute atomic E-state index is 12.1. The van der Waals surface area contributed by atoms with Crippen LogP contribution in [-0.4, -0.2) is 41.0 Å². The molecule has 0 aromatic heterocycles. The van der Waals surface area contributed by atoms with Gasteiger partial charge in [0.25, 0.3) is 11.8 Å². The van der Waals surface area contributed by atoms with Gasteiger partial charge in [-0.25, -0.2) is 0 Å². The quantitative estimate of drug-likeness (QED) is 0.906. The molecule has 0 spiro atoms. The molecule has 112 valence electrons. The molecule has 1 aliphatic heterocycles. The van der Waals surface area contributed by atoms with Crippen molar-refractivity contribution in [3.8, 4) is 0 Å². The van der Waals surface area contributed by atoms with Crippen molar-refractivity contribution < 1.29 is 14.7 Å². The molecule has 0 saturated carbocycles. The van der Waals surface area contributed by atoms with Gasteiger partial charge in [-0.3, -0.25) is 9.59 Å². The Morgan fingerprint density at radius 3 is 2.18 bits per heavy atom. The summed E-state index contributed by atoms with van der Waals surface area (Å²) in [7, 11) is 0. The molecule has 0 radical (unpaired) electrons. The second-order valence-electron chi connectivity index (χ2n) is 5.26. The van der Waals surface area contributed by atoms with Gasteiger partial charge >= 0.3 is 0 Å². The number of β-amino-alcohol motifs (C(OH)–C–C–N with tert-alkyl or cyclic N) is 1. The minimum atomic E-state index is -0.409. The summed E-state index contributed by atoms with van der Waals surface area (Å²) in [5, 5.41) is 12.0. The molecule has 2 amide bonds. The number of hydrogen-bond donors (Lipinski definition) is 2. The van der Waals surface area contributed by atoms with E-state index in [4.69, 9.17) is 0 Å². The number of nitrogens with zero attached hydrogens (tertiary/aromatic N) is 1. The van der Waals surface area contributed by atoms with E-state index in [2.05, 4.69) is 5.32 Å². The van der Waals surface area contributed by atoms with Crippen molar-refractivity contribution in [3.05, 3.63) is 65.7 Å². The smallest absolute Gasteiger partial charge is 0.255 e. The van der Waals surface area contributed by atoms with Gasteiger partial charge in [0.05, 0.1) is 6.10 Å². The fourth-order valence-corrected chi connectivity index (χ4v) is 2.29. The van der Waals surface area contributed by atoms with Gasteiger partial charge < -0.3 is 15.3 Å². The molecule has 1 saturated heterocycles.